The molecule has 106 valence electrons. The summed E-state index contributed by atoms with van der Waals surface area (Å²) in [4.78, 5) is 11.6. The molecule has 1 nitrogen and oxygen atoms in total. The minimum Gasteiger partial charge on any atom is -0.282 e. The molecule has 0 amide bonds. The number of benzene rings is 1. The highest BCUT2D eigenvalue weighted by Crippen LogP contribution is 2.30. The maximum absolute atomic E-state index is 13.2. The molecule has 0 radical (unpaired) electrons. The number of carbonyl (C=O) groups is 1. The molecule has 1 rings (SSSR count). The minimum atomic E-state index is -4.00. The molecule has 0 aliphatic rings. The SMILES string of the molecule is CC(F)C(F)(F)C(F)CCSC(=O)c1ccccc1. The van der Waals surface area contributed by atoms with Gasteiger partial charge in [-0.3, -0.25) is 4.79 Å². The van der Waals surface area contributed by atoms with Crippen molar-refractivity contribution in [3.8, 4) is 0 Å². The third-order valence-electron chi connectivity index (χ3n) is 2.56. The number of hydrogen-bond donors (Lipinski definition) is 0. The molecule has 6 heteroatoms. The van der Waals surface area contributed by atoms with E-state index < -0.39 is 24.7 Å². The van der Waals surface area contributed by atoms with E-state index in [4.69, 9.17) is 0 Å². The van der Waals surface area contributed by atoms with Gasteiger partial charge in [-0.05, 0) is 13.3 Å². The lowest BCUT2D eigenvalue weighted by atomic mass is 10.1. The Kier molecular flexibility index (Phi) is 5.85. The molecule has 0 fully saturated rings. The van der Waals surface area contributed by atoms with Gasteiger partial charge in [0.25, 0.3) is 0 Å². The van der Waals surface area contributed by atoms with Crippen molar-refractivity contribution < 1.29 is 22.4 Å². The lowest BCUT2D eigenvalue weighted by Crippen LogP contribution is -2.38. The molecule has 2 atom stereocenters. The van der Waals surface area contributed by atoms with Gasteiger partial charge in [0.2, 0.25) is 5.12 Å². The molecule has 0 aliphatic heterocycles. The Balaban J connectivity index is 2.41. The molecule has 0 saturated carbocycles. The van der Waals surface area contributed by atoms with Crippen molar-refractivity contribution in [3.63, 3.8) is 0 Å². The number of hydrogen-bond acceptors (Lipinski definition) is 2. The van der Waals surface area contributed by atoms with Crippen molar-refractivity contribution >= 4 is 16.9 Å². The third kappa shape index (κ3) is 4.53. The average Bonchev–Trinajstić information content (AvgIpc) is 2.39. The van der Waals surface area contributed by atoms with Crippen LogP contribution in [-0.2, 0) is 0 Å². The Morgan fingerprint density at radius 3 is 2.37 bits per heavy atom. The molecule has 0 aromatic heterocycles. The van der Waals surface area contributed by atoms with Crippen LogP contribution in [0.25, 0.3) is 0 Å². The molecule has 0 N–H and O–H groups in total. The highest BCUT2D eigenvalue weighted by molar-refractivity contribution is 8.14. The van der Waals surface area contributed by atoms with Crippen LogP contribution in [-0.4, -0.2) is 29.1 Å². The quantitative estimate of drug-likeness (QED) is 0.728. The summed E-state index contributed by atoms with van der Waals surface area (Å²) in [6, 6.07) is 8.25. The molecule has 1 aromatic carbocycles. The Hall–Kier alpha value is -1.04. The molecular weight excluding hydrogens is 280 g/mol. The van der Waals surface area contributed by atoms with Gasteiger partial charge in [0.1, 0.15) is 0 Å². The predicted molar refractivity (Wildman–Crippen MR) is 68.3 cm³/mol. The fourth-order valence-corrected chi connectivity index (χ4v) is 2.17. The van der Waals surface area contributed by atoms with Crippen LogP contribution in [0.15, 0.2) is 30.3 Å². The molecule has 0 aliphatic carbocycles. The van der Waals surface area contributed by atoms with Gasteiger partial charge in [-0.25, -0.2) is 17.6 Å². The number of carbonyl (C=O) groups excluding carboxylic acids is 1. The Morgan fingerprint density at radius 2 is 1.84 bits per heavy atom. The number of thioether (sulfide) groups is 1. The molecule has 2 unspecified atom stereocenters. The number of halogens is 4. The molecule has 0 bridgehead atoms. The van der Waals surface area contributed by atoms with Crippen LogP contribution in [0.5, 0.6) is 0 Å². The summed E-state index contributed by atoms with van der Waals surface area (Å²) in [5.74, 6) is -4.12. The van der Waals surface area contributed by atoms with Crippen LogP contribution in [0.3, 0.4) is 0 Å². The van der Waals surface area contributed by atoms with Crippen LogP contribution in [0, 0.1) is 0 Å². The van der Waals surface area contributed by atoms with Crippen LogP contribution in [0.4, 0.5) is 17.6 Å². The maximum atomic E-state index is 13.2. The topological polar surface area (TPSA) is 17.1 Å². The van der Waals surface area contributed by atoms with Gasteiger partial charge in [-0.2, -0.15) is 0 Å². The molecule has 0 heterocycles. The zero-order valence-corrected chi connectivity index (χ0v) is 11.1. The van der Waals surface area contributed by atoms with E-state index >= 15 is 0 Å². The number of rotatable bonds is 6. The molecule has 0 spiro atoms. The largest absolute Gasteiger partial charge is 0.308 e. The molecule has 19 heavy (non-hydrogen) atoms. The van der Waals surface area contributed by atoms with Crippen molar-refractivity contribution in [2.75, 3.05) is 5.75 Å². The van der Waals surface area contributed by atoms with Crippen molar-refractivity contribution in [2.45, 2.75) is 31.6 Å². The summed E-state index contributed by atoms with van der Waals surface area (Å²) >= 11 is 0.751. The van der Waals surface area contributed by atoms with Crippen molar-refractivity contribution in [1.82, 2.24) is 0 Å². The summed E-state index contributed by atoms with van der Waals surface area (Å²) in [5.41, 5.74) is 0.425. The highest BCUT2D eigenvalue weighted by Gasteiger charge is 2.45. The molecular formula is C13H14F4OS. The fourth-order valence-electron chi connectivity index (χ4n) is 1.35. The van der Waals surface area contributed by atoms with E-state index in [9.17, 15) is 22.4 Å². The normalized spacial score (nSPS) is 15.0. The zero-order chi connectivity index (χ0) is 14.5. The zero-order valence-electron chi connectivity index (χ0n) is 10.3. The van der Waals surface area contributed by atoms with Gasteiger partial charge >= 0.3 is 5.92 Å². The first-order valence-corrected chi connectivity index (χ1v) is 6.72. The van der Waals surface area contributed by atoms with E-state index in [0.717, 1.165) is 11.8 Å². The van der Waals surface area contributed by atoms with Gasteiger partial charge < -0.3 is 0 Å². The molecule has 1 aromatic rings. The first-order chi connectivity index (χ1) is 8.85. The van der Waals surface area contributed by atoms with E-state index in [-0.39, 0.29) is 10.9 Å². The summed E-state index contributed by atoms with van der Waals surface area (Å²) in [6.45, 7) is 0.620. The molecule has 0 saturated heterocycles. The van der Waals surface area contributed by atoms with Gasteiger partial charge in [0.15, 0.2) is 12.3 Å². The second-order valence-corrected chi connectivity index (χ2v) is 5.12. The third-order valence-corrected chi connectivity index (χ3v) is 3.50. The average molecular weight is 294 g/mol. The summed E-state index contributed by atoms with van der Waals surface area (Å²) < 4.78 is 51.6. The lowest BCUT2D eigenvalue weighted by Gasteiger charge is -2.21. The Morgan fingerprint density at radius 1 is 1.26 bits per heavy atom. The van der Waals surface area contributed by atoms with Gasteiger partial charge in [0, 0.05) is 11.3 Å². The Labute approximate surface area is 113 Å². The monoisotopic (exact) mass is 294 g/mol. The second-order valence-electron chi connectivity index (χ2n) is 4.05. The minimum absolute atomic E-state index is 0.114. The van der Waals surface area contributed by atoms with E-state index in [1.807, 2.05) is 0 Å². The van der Waals surface area contributed by atoms with E-state index in [0.29, 0.717) is 12.5 Å². The van der Waals surface area contributed by atoms with Crippen molar-refractivity contribution in [3.05, 3.63) is 35.9 Å². The smallest absolute Gasteiger partial charge is 0.282 e. The first kappa shape index (κ1) is 16.0. The summed E-state index contributed by atoms with van der Waals surface area (Å²) in [6.07, 6.45) is -5.69. The van der Waals surface area contributed by atoms with Gasteiger partial charge in [-0.15, -0.1) is 0 Å². The van der Waals surface area contributed by atoms with Crippen LogP contribution in [0.2, 0.25) is 0 Å². The number of alkyl halides is 4. The summed E-state index contributed by atoms with van der Waals surface area (Å²) in [7, 11) is 0. The summed E-state index contributed by atoms with van der Waals surface area (Å²) in [5, 5.41) is -0.315. The van der Waals surface area contributed by atoms with Gasteiger partial charge in [0.05, 0.1) is 0 Å². The predicted octanol–water partition coefficient (Wildman–Crippen LogP) is 4.28. The Bertz CT molecular complexity index is 408. The standard InChI is InChI=1S/C13H14F4OS/c1-9(14)13(16,17)11(15)7-8-19-12(18)10-5-3-2-4-6-10/h2-6,9,11H,7-8H2,1H3. The van der Waals surface area contributed by atoms with E-state index in [1.54, 1.807) is 30.3 Å². The van der Waals surface area contributed by atoms with E-state index in [2.05, 4.69) is 0 Å². The van der Waals surface area contributed by atoms with Gasteiger partial charge in [-0.1, -0.05) is 42.1 Å². The lowest BCUT2D eigenvalue weighted by molar-refractivity contribution is -0.121. The maximum Gasteiger partial charge on any atom is 0.308 e. The van der Waals surface area contributed by atoms with Crippen LogP contribution in [0.1, 0.15) is 23.7 Å². The second kappa shape index (κ2) is 6.93. The fraction of sp³-hybridized carbons (Fsp3) is 0.462. The first-order valence-electron chi connectivity index (χ1n) is 5.73. The van der Waals surface area contributed by atoms with E-state index in [1.165, 1.54) is 0 Å². The van der Waals surface area contributed by atoms with Crippen molar-refractivity contribution in [2.24, 2.45) is 0 Å². The van der Waals surface area contributed by atoms with Crippen molar-refractivity contribution in [1.29, 1.82) is 0 Å². The highest BCUT2D eigenvalue weighted by atomic mass is 32.2. The van der Waals surface area contributed by atoms with Crippen LogP contribution >= 0.6 is 11.8 Å². The van der Waals surface area contributed by atoms with Crippen LogP contribution < -0.4 is 0 Å².